The van der Waals surface area contributed by atoms with Crippen molar-refractivity contribution in [2.45, 2.75) is 33.2 Å². The fourth-order valence-electron chi connectivity index (χ4n) is 1.51. The lowest BCUT2D eigenvalue weighted by atomic mass is 9.95. The summed E-state index contributed by atoms with van der Waals surface area (Å²) in [6, 6.07) is 7.03. The van der Waals surface area contributed by atoms with Gasteiger partial charge in [0.15, 0.2) is 0 Å². The van der Waals surface area contributed by atoms with Gasteiger partial charge in [-0.2, -0.15) is 5.10 Å². The summed E-state index contributed by atoms with van der Waals surface area (Å²) in [4.78, 5) is 11.9. The molecule has 0 saturated heterocycles. The zero-order chi connectivity index (χ0) is 12.8. The first kappa shape index (κ1) is 13.5. The molecule has 0 spiro atoms. The average Bonchev–Trinajstić information content (AvgIpc) is 2.78. The van der Waals surface area contributed by atoms with Crippen LogP contribution in [-0.2, 0) is 0 Å². The summed E-state index contributed by atoms with van der Waals surface area (Å²) >= 11 is 0. The molecule has 0 N–H and O–H groups in total. The van der Waals surface area contributed by atoms with Crippen LogP contribution in [0.25, 0.3) is 0 Å². The van der Waals surface area contributed by atoms with E-state index in [1.165, 1.54) is 5.01 Å². The van der Waals surface area contributed by atoms with E-state index in [0.717, 1.165) is 6.42 Å². The summed E-state index contributed by atoms with van der Waals surface area (Å²) in [5.41, 5.74) is 1.28. The molecule has 3 nitrogen and oxygen atoms in total. The van der Waals surface area contributed by atoms with Gasteiger partial charge in [-0.3, -0.25) is 4.79 Å². The molecule has 0 aromatic heterocycles. The van der Waals surface area contributed by atoms with Crippen LogP contribution in [0.3, 0.4) is 0 Å². The molecule has 1 heterocycles. The highest BCUT2D eigenvalue weighted by Crippen LogP contribution is 2.14. The van der Waals surface area contributed by atoms with Crippen LogP contribution in [0.2, 0.25) is 0 Å². The number of nitrogens with zero attached hydrogens (tertiary/aromatic N) is 2. The lowest BCUT2D eigenvalue weighted by Gasteiger charge is -2.17. The number of carbonyl (C=O) groups is 1. The molecule has 88 valence electrons. The number of carbonyl (C=O) groups excluding carboxylic acids is 1. The van der Waals surface area contributed by atoms with Gasteiger partial charge in [0.05, 0.1) is 6.04 Å². The Morgan fingerprint density at radius 3 is 2.41 bits per heavy atom. The average molecular weight is 228 g/mol. The monoisotopic (exact) mass is 228 g/mol. The minimum Gasteiger partial charge on any atom is -0.267 e. The highest BCUT2D eigenvalue weighted by atomic mass is 16.2. The van der Waals surface area contributed by atoms with Crippen LogP contribution in [0.5, 0.6) is 0 Å². The van der Waals surface area contributed by atoms with E-state index in [-0.39, 0.29) is 11.9 Å². The van der Waals surface area contributed by atoms with Gasteiger partial charge in [-0.1, -0.05) is 31.4 Å². The summed E-state index contributed by atoms with van der Waals surface area (Å²) in [6.45, 7) is 5.97. The van der Waals surface area contributed by atoms with E-state index in [0.29, 0.717) is 11.0 Å². The zero-order valence-electron chi connectivity index (χ0n) is 10.6. The Morgan fingerprint density at radius 1 is 1.35 bits per heavy atom. The Bertz CT molecular complexity index is 400. The first-order valence-corrected chi connectivity index (χ1v) is 5.90. The third kappa shape index (κ3) is 3.19. The van der Waals surface area contributed by atoms with Gasteiger partial charge in [0, 0.05) is 18.2 Å². The smallest absolute Gasteiger partial charge is 0.267 e. The number of benzene rings is 1. The minimum atomic E-state index is -0.0729. The van der Waals surface area contributed by atoms with E-state index in [1.54, 1.807) is 30.5 Å². The van der Waals surface area contributed by atoms with E-state index in [9.17, 15) is 4.79 Å². The molecular weight excluding hydrogens is 211 g/mol. The SMILES string of the molecule is CC.[B]c1ccc(C(=O)N2N=CCC2C)cc1. The Morgan fingerprint density at radius 2 is 1.94 bits per heavy atom. The van der Waals surface area contributed by atoms with E-state index < -0.39 is 0 Å². The first-order valence-electron chi connectivity index (χ1n) is 5.90. The van der Waals surface area contributed by atoms with Crippen molar-refractivity contribution in [3.8, 4) is 0 Å². The number of amides is 1. The molecular formula is C13H17BN2O. The molecule has 1 unspecified atom stereocenters. The number of hydrogen-bond acceptors (Lipinski definition) is 2. The van der Waals surface area contributed by atoms with Gasteiger partial charge < -0.3 is 0 Å². The normalized spacial score (nSPS) is 17.6. The molecule has 1 amide bonds. The first-order chi connectivity index (χ1) is 8.18. The molecule has 1 atom stereocenters. The Kier molecular flexibility index (Phi) is 4.95. The van der Waals surface area contributed by atoms with Crippen molar-refractivity contribution in [2.75, 3.05) is 0 Å². The van der Waals surface area contributed by atoms with Crippen LogP contribution < -0.4 is 5.46 Å². The lowest BCUT2D eigenvalue weighted by molar-refractivity contribution is 0.0725. The lowest BCUT2D eigenvalue weighted by Crippen LogP contribution is -2.30. The maximum Gasteiger partial charge on any atom is 0.274 e. The van der Waals surface area contributed by atoms with Gasteiger partial charge in [-0.15, -0.1) is 0 Å². The van der Waals surface area contributed by atoms with Crippen LogP contribution in [0, 0.1) is 0 Å². The van der Waals surface area contributed by atoms with Crippen molar-refractivity contribution in [1.82, 2.24) is 5.01 Å². The summed E-state index contributed by atoms with van der Waals surface area (Å²) < 4.78 is 0. The van der Waals surface area contributed by atoms with Gasteiger partial charge in [0.25, 0.3) is 5.91 Å². The molecule has 4 heteroatoms. The van der Waals surface area contributed by atoms with Crippen molar-refractivity contribution in [1.29, 1.82) is 0 Å². The second kappa shape index (κ2) is 6.23. The maximum absolute atomic E-state index is 11.9. The molecule has 0 fully saturated rings. The van der Waals surface area contributed by atoms with Crippen LogP contribution in [0.1, 0.15) is 37.6 Å². The largest absolute Gasteiger partial charge is 0.274 e. The standard InChI is InChI=1S/C11H11BN2O.C2H6/c1-8-6-7-13-14(8)11(15)9-2-4-10(12)5-3-9;1-2/h2-5,7-8H,6H2,1H3;1-2H3. The molecule has 0 bridgehead atoms. The predicted octanol–water partition coefficient (Wildman–Crippen LogP) is 1.73. The fourth-order valence-corrected chi connectivity index (χ4v) is 1.51. The number of hydrogen-bond donors (Lipinski definition) is 0. The van der Waals surface area contributed by atoms with Gasteiger partial charge in [0.2, 0.25) is 0 Å². The number of rotatable bonds is 1. The van der Waals surface area contributed by atoms with Gasteiger partial charge in [0.1, 0.15) is 7.85 Å². The third-order valence-corrected chi connectivity index (χ3v) is 2.44. The van der Waals surface area contributed by atoms with E-state index in [2.05, 4.69) is 5.10 Å². The molecule has 2 rings (SSSR count). The summed E-state index contributed by atoms with van der Waals surface area (Å²) in [6.07, 6.45) is 2.58. The van der Waals surface area contributed by atoms with Gasteiger partial charge in [-0.05, 0) is 19.1 Å². The Labute approximate surface area is 104 Å². The Balaban J connectivity index is 0.000000686. The fraction of sp³-hybridized carbons (Fsp3) is 0.385. The predicted molar refractivity (Wildman–Crippen MR) is 71.9 cm³/mol. The topological polar surface area (TPSA) is 32.7 Å². The molecule has 0 aliphatic carbocycles. The summed E-state index contributed by atoms with van der Waals surface area (Å²) in [7, 11) is 5.55. The van der Waals surface area contributed by atoms with Crippen molar-refractivity contribution in [2.24, 2.45) is 5.10 Å². The zero-order valence-corrected chi connectivity index (χ0v) is 10.6. The molecule has 17 heavy (non-hydrogen) atoms. The molecule has 1 aliphatic rings. The van der Waals surface area contributed by atoms with Gasteiger partial charge >= 0.3 is 0 Å². The van der Waals surface area contributed by atoms with Crippen LogP contribution in [0.4, 0.5) is 0 Å². The maximum atomic E-state index is 11.9. The third-order valence-electron chi connectivity index (χ3n) is 2.44. The highest BCUT2D eigenvalue weighted by Gasteiger charge is 2.23. The minimum absolute atomic E-state index is 0.0729. The Hall–Kier alpha value is -1.58. The van der Waals surface area contributed by atoms with Gasteiger partial charge in [-0.25, -0.2) is 5.01 Å². The number of hydrazone groups is 1. The molecule has 2 radical (unpaired) electrons. The van der Waals surface area contributed by atoms with Crippen molar-refractivity contribution in [3.05, 3.63) is 29.8 Å². The molecule has 1 aromatic carbocycles. The quantitative estimate of drug-likeness (QED) is 0.673. The molecule has 0 saturated carbocycles. The van der Waals surface area contributed by atoms with Crippen LogP contribution in [0.15, 0.2) is 29.4 Å². The highest BCUT2D eigenvalue weighted by molar-refractivity contribution is 6.32. The van der Waals surface area contributed by atoms with E-state index in [1.807, 2.05) is 20.8 Å². The van der Waals surface area contributed by atoms with Crippen molar-refractivity contribution < 1.29 is 4.79 Å². The summed E-state index contributed by atoms with van der Waals surface area (Å²) in [5.74, 6) is -0.0729. The second-order valence-electron chi connectivity index (χ2n) is 3.65. The summed E-state index contributed by atoms with van der Waals surface area (Å²) in [5, 5.41) is 5.55. The van der Waals surface area contributed by atoms with E-state index >= 15 is 0 Å². The molecule has 1 aromatic rings. The van der Waals surface area contributed by atoms with Crippen molar-refractivity contribution in [3.63, 3.8) is 0 Å². The van der Waals surface area contributed by atoms with Crippen LogP contribution in [-0.4, -0.2) is 31.0 Å². The van der Waals surface area contributed by atoms with Crippen molar-refractivity contribution >= 4 is 25.4 Å². The molecule has 1 aliphatic heterocycles. The van der Waals surface area contributed by atoms with E-state index in [4.69, 9.17) is 7.85 Å². The second-order valence-corrected chi connectivity index (χ2v) is 3.65. The van der Waals surface area contributed by atoms with Crippen LogP contribution >= 0.6 is 0 Å².